The zero-order valence-corrected chi connectivity index (χ0v) is 21.1. The second-order valence-corrected chi connectivity index (χ2v) is 11.4. The first kappa shape index (κ1) is 21.9. The van der Waals surface area contributed by atoms with Gasteiger partial charge in [-0.3, -0.25) is 0 Å². The van der Waals surface area contributed by atoms with E-state index in [0.29, 0.717) is 49.4 Å². The molecule has 1 aromatic carbocycles. The van der Waals surface area contributed by atoms with Gasteiger partial charge < -0.3 is 25.4 Å². The summed E-state index contributed by atoms with van der Waals surface area (Å²) in [4.78, 5) is 19.7. The number of aryl methyl sites for hydroxylation is 1. The maximum atomic E-state index is 14.6. The minimum Gasteiger partial charge on any atom is -0.440 e. The quantitative estimate of drug-likeness (QED) is 0.288. The number of nitrogens with two attached hydrogens (primary N) is 1. The van der Waals surface area contributed by atoms with Crippen molar-refractivity contribution in [3.8, 4) is 10.9 Å². The van der Waals surface area contributed by atoms with Crippen molar-refractivity contribution < 1.29 is 8.81 Å². The lowest BCUT2D eigenvalue weighted by atomic mass is 10.0. The first-order valence-corrected chi connectivity index (χ1v) is 13.3. The van der Waals surface area contributed by atoms with Crippen LogP contribution in [0.2, 0.25) is 0 Å². The molecule has 5 aromatic rings. The molecule has 0 spiro atoms. The van der Waals surface area contributed by atoms with Crippen molar-refractivity contribution in [3.63, 3.8) is 0 Å². The number of rotatable bonds is 5. The third kappa shape index (κ3) is 3.44. The number of oxazole rings is 1. The van der Waals surface area contributed by atoms with Crippen LogP contribution in [0.3, 0.4) is 0 Å². The van der Waals surface area contributed by atoms with Crippen LogP contribution in [0.4, 0.5) is 15.9 Å². The highest BCUT2D eigenvalue weighted by Gasteiger charge is 2.44. The molecule has 3 atom stereocenters. The van der Waals surface area contributed by atoms with E-state index in [9.17, 15) is 4.39 Å². The number of nitrogens with zero attached hydrogens (tertiary/aromatic N) is 6. The Bertz CT molecular complexity index is 1630. The highest BCUT2D eigenvalue weighted by molar-refractivity contribution is 8.00. The van der Waals surface area contributed by atoms with Gasteiger partial charge in [0.2, 0.25) is 5.01 Å². The number of benzene rings is 1. The molecule has 13 heteroatoms. The fourth-order valence-corrected chi connectivity index (χ4v) is 7.04. The van der Waals surface area contributed by atoms with Gasteiger partial charge in [-0.25, -0.2) is 19.3 Å². The van der Waals surface area contributed by atoms with Gasteiger partial charge in [0, 0.05) is 31.1 Å². The van der Waals surface area contributed by atoms with Crippen molar-refractivity contribution in [1.29, 1.82) is 0 Å². The normalized spacial score (nSPS) is 21.3. The van der Waals surface area contributed by atoms with Gasteiger partial charge in [-0.1, -0.05) is 11.3 Å². The van der Waals surface area contributed by atoms with E-state index in [2.05, 4.69) is 30.4 Å². The van der Waals surface area contributed by atoms with Crippen LogP contribution in [0.5, 0.6) is 0 Å². The van der Waals surface area contributed by atoms with Gasteiger partial charge in [-0.2, -0.15) is 0 Å². The van der Waals surface area contributed by atoms with Crippen molar-refractivity contribution in [1.82, 2.24) is 30.1 Å². The van der Waals surface area contributed by atoms with E-state index < -0.39 is 0 Å². The number of nitrogens with one attached hydrogen (secondary N) is 2. The largest absolute Gasteiger partial charge is 0.440 e. The molecule has 1 aliphatic carbocycles. The first-order chi connectivity index (χ1) is 17.5. The van der Waals surface area contributed by atoms with E-state index in [1.165, 1.54) is 29.2 Å². The van der Waals surface area contributed by atoms with Crippen LogP contribution in [-0.4, -0.2) is 55.8 Å². The van der Waals surface area contributed by atoms with Crippen LogP contribution in [-0.2, 0) is 0 Å². The second-order valence-electron chi connectivity index (χ2n) is 9.26. The highest BCUT2D eigenvalue weighted by atomic mass is 32.2. The van der Waals surface area contributed by atoms with Crippen LogP contribution in [0.25, 0.3) is 32.8 Å². The van der Waals surface area contributed by atoms with Crippen LogP contribution >= 0.6 is 23.1 Å². The smallest absolute Gasteiger partial charge is 0.258 e. The van der Waals surface area contributed by atoms with Gasteiger partial charge in [0.05, 0.1) is 22.8 Å². The number of halogens is 1. The summed E-state index contributed by atoms with van der Waals surface area (Å²) in [5, 5.41) is 14.3. The first-order valence-electron chi connectivity index (χ1n) is 11.6. The molecule has 36 heavy (non-hydrogen) atoms. The molecule has 4 N–H and O–H groups in total. The Morgan fingerprint density at radius 1 is 1.28 bits per heavy atom. The van der Waals surface area contributed by atoms with E-state index in [-0.39, 0.29) is 11.9 Å². The van der Waals surface area contributed by atoms with Gasteiger partial charge in [0.25, 0.3) is 5.89 Å². The lowest BCUT2D eigenvalue weighted by Gasteiger charge is -2.31. The molecule has 0 radical (unpaired) electrons. The zero-order chi connectivity index (χ0) is 24.6. The summed E-state index contributed by atoms with van der Waals surface area (Å²) in [6, 6.07) is 3.55. The number of hydrogen-bond acceptors (Lipinski definition) is 11. The fourth-order valence-electron chi connectivity index (χ4n) is 5.40. The lowest BCUT2D eigenvalue weighted by Crippen LogP contribution is -2.41. The predicted octanol–water partition coefficient (Wildman–Crippen LogP) is 4.18. The maximum Gasteiger partial charge on any atom is 0.258 e. The van der Waals surface area contributed by atoms with E-state index in [1.54, 1.807) is 19.3 Å². The molecule has 2 aliphatic rings. The topological polar surface area (TPSA) is 135 Å². The molecule has 2 fully saturated rings. The number of hydrogen-bond donors (Lipinski definition) is 3. The summed E-state index contributed by atoms with van der Waals surface area (Å²) in [7, 11) is 1.77. The number of fused-ring (bicyclic) bond motifs is 5. The molecule has 5 heterocycles. The van der Waals surface area contributed by atoms with Crippen molar-refractivity contribution >= 4 is 56.5 Å². The van der Waals surface area contributed by atoms with E-state index in [4.69, 9.17) is 20.1 Å². The summed E-state index contributed by atoms with van der Waals surface area (Å²) in [6.07, 6.45) is 3.62. The molecular formula is C23H22FN9OS2. The average molecular weight is 524 g/mol. The fraction of sp³-hybridized carbons (Fsp3) is 0.348. The van der Waals surface area contributed by atoms with Crippen molar-refractivity contribution in [2.45, 2.75) is 41.3 Å². The SMILES string of the molecule is CNc1cc(F)cc2c1[nH]c1nc(Sc3nnc(-c4ncc(C)o4)s3)nc(N3CC4CC3CC4N)c12. The highest BCUT2D eigenvalue weighted by Crippen LogP contribution is 2.44. The number of piperidine rings is 1. The molecule has 4 aromatic heterocycles. The second kappa shape index (κ2) is 8.11. The van der Waals surface area contributed by atoms with Gasteiger partial charge in [0.15, 0.2) is 9.50 Å². The van der Waals surface area contributed by atoms with Crippen molar-refractivity contribution in [2.24, 2.45) is 11.7 Å². The van der Waals surface area contributed by atoms with Gasteiger partial charge >= 0.3 is 0 Å². The summed E-state index contributed by atoms with van der Waals surface area (Å²) in [5.41, 5.74) is 8.45. The average Bonchev–Trinajstić information content (AvgIpc) is 3.66. The summed E-state index contributed by atoms with van der Waals surface area (Å²) < 4.78 is 20.8. The summed E-state index contributed by atoms with van der Waals surface area (Å²) in [5.74, 6) is 2.07. The predicted molar refractivity (Wildman–Crippen MR) is 137 cm³/mol. The number of anilines is 2. The molecule has 2 bridgehead atoms. The number of aromatic nitrogens is 6. The summed E-state index contributed by atoms with van der Waals surface area (Å²) >= 11 is 2.70. The zero-order valence-electron chi connectivity index (χ0n) is 19.4. The monoisotopic (exact) mass is 523 g/mol. The van der Waals surface area contributed by atoms with Crippen molar-refractivity contribution in [3.05, 3.63) is 29.9 Å². The Morgan fingerprint density at radius 2 is 2.17 bits per heavy atom. The molecule has 7 rings (SSSR count). The van der Waals surface area contributed by atoms with Gasteiger partial charge in [0.1, 0.15) is 23.0 Å². The van der Waals surface area contributed by atoms with Gasteiger partial charge in [-0.15, -0.1) is 10.2 Å². The Morgan fingerprint density at radius 3 is 2.89 bits per heavy atom. The molecule has 1 saturated heterocycles. The third-order valence-corrected chi connectivity index (χ3v) is 8.84. The minimum absolute atomic E-state index is 0.215. The molecule has 184 valence electrons. The van der Waals surface area contributed by atoms with Crippen LogP contribution in [0.1, 0.15) is 18.6 Å². The Balaban J connectivity index is 1.35. The molecule has 1 saturated carbocycles. The van der Waals surface area contributed by atoms with E-state index in [1.807, 2.05) is 6.92 Å². The Hall–Kier alpha value is -3.29. The van der Waals surface area contributed by atoms with Crippen LogP contribution in [0.15, 0.2) is 32.2 Å². The van der Waals surface area contributed by atoms with Crippen LogP contribution in [0, 0.1) is 18.7 Å². The molecular weight excluding hydrogens is 501 g/mol. The summed E-state index contributed by atoms with van der Waals surface area (Å²) in [6.45, 7) is 2.66. The minimum atomic E-state index is -0.315. The number of H-pyrrole nitrogens is 1. The van der Waals surface area contributed by atoms with E-state index in [0.717, 1.165) is 41.5 Å². The Kier molecular flexibility index (Phi) is 4.95. The van der Waals surface area contributed by atoms with Gasteiger partial charge in [-0.05, 0) is 49.6 Å². The molecule has 3 unspecified atom stereocenters. The molecule has 1 aliphatic heterocycles. The standard InChI is InChI=1S/C23H22FN9OS2/c1-9-7-27-20(34-9)21-31-32-23(35-21)36-22-29-18-16(13-4-11(24)5-15(26-2)17(13)28-18)19(30-22)33-8-10-3-12(33)6-14(10)25/h4-5,7,10,12,14,26H,3,6,8,25H2,1-2H3,(H,28,29,30). The number of aromatic amines is 1. The molecule has 10 nitrogen and oxygen atoms in total. The van der Waals surface area contributed by atoms with E-state index >= 15 is 0 Å². The maximum absolute atomic E-state index is 14.6. The van der Waals surface area contributed by atoms with Crippen LogP contribution < -0.4 is 16.0 Å². The third-order valence-electron chi connectivity index (χ3n) is 7.01. The Labute approximate surface area is 212 Å². The lowest BCUT2D eigenvalue weighted by molar-refractivity contribution is 0.471. The van der Waals surface area contributed by atoms with Crippen molar-refractivity contribution in [2.75, 3.05) is 23.8 Å². The molecule has 0 amide bonds.